The molecule has 0 radical (unpaired) electrons. The van der Waals surface area contributed by atoms with Crippen molar-refractivity contribution in [2.24, 2.45) is 0 Å². The Morgan fingerprint density at radius 3 is 2.81 bits per heavy atom. The van der Waals surface area contributed by atoms with Crippen LogP contribution in [0.4, 0.5) is 5.69 Å². The van der Waals surface area contributed by atoms with Crippen LogP contribution >= 0.6 is 23.2 Å². The molecule has 3 nitrogen and oxygen atoms in total. The normalized spacial score (nSPS) is 10.8. The zero-order valence-electron chi connectivity index (χ0n) is 11.4. The van der Waals surface area contributed by atoms with Gasteiger partial charge in [-0.2, -0.15) is 0 Å². The Bertz CT molecular complexity index is 783. The van der Waals surface area contributed by atoms with Gasteiger partial charge in [0.15, 0.2) is 0 Å². The monoisotopic (exact) mass is 320 g/mol. The van der Waals surface area contributed by atoms with Gasteiger partial charge in [-0.05, 0) is 29.8 Å². The molecule has 2 aromatic carbocycles. The first kappa shape index (κ1) is 14.1. The topological polar surface area (TPSA) is 37.0 Å². The number of aromatic amines is 1. The summed E-state index contributed by atoms with van der Waals surface area (Å²) >= 11 is 12.0. The molecule has 0 unspecified atom stereocenters. The van der Waals surface area contributed by atoms with Crippen LogP contribution in [0.25, 0.3) is 10.9 Å². The molecule has 0 amide bonds. The van der Waals surface area contributed by atoms with Gasteiger partial charge in [0, 0.05) is 40.4 Å². The van der Waals surface area contributed by atoms with Crippen molar-refractivity contribution in [2.45, 2.75) is 6.54 Å². The maximum absolute atomic E-state index is 6.02. The molecule has 108 valence electrons. The summed E-state index contributed by atoms with van der Waals surface area (Å²) in [6, 6.07) is 11.5. The lowest BCUT2D eigenvalue weighted by atomic mass is 10.1. The number of halogens is 2. The molecule has 0 aliphatic heterocycles. The van der Waals surface area contributed by atoms with Crippen molar-refractivity contribution in [3.05, 3.63) is 58.2 Å². The molecule has 0 aliphatic rings. The number of benzene rings is 2. The maximum Gasteiger partial charge on any atom is 0.139 e. The Kier molecular flexibility index (Phi) is 3.95. The lowest BCUT2D eigenvalue weighted by Crippen LogP contribution is -1.99. The molecule has 0 aliphatic carbocycles. The molecular weight excluding hydrogens is 307 g/mol. The van der Waals surface area contributed by atoms with Crippen molar-refractivity contribution in [1.82, 2.24) is 4.98 Å². The van der Waals surface area contributed by atoms with Gasteiger partial charge >= 0.3 is 0 Å². The number of fused-ring (bicyclic) bond motifs is 1. The molecule has 0 saturated carbocycles. The van der Waals surface area contributed by atoms with E-state index in [4.69, 9.17) is 27.9 Å². The van der Waals surface area contributed by atoms with E-state index in [9.17, 15) is 0 Å². The van der Waals surface area contributed by atoms with Gasteiger partial charge in [-0.3, -0.25) is 0 Å². The van der Waals surface area contributed by atoms with E-state index in [1.807, 2.05) is 42.6 Å². The second kappa shape index (κ2) is 5.88. The average molecular weight is 321 g/mol. The minimum Gasteiger partial charge on any atom is -0.495 e. The molecule has 0 atom stereocenters. The van der Waals surface area contributed by atoms with Crippen LogP contribution in [-0.2, 0) is 6.54 Å². The zero-order chi connectivity index (χ0) is 14.8. The van der Waals surface area contributed by atoms with Crippen LogP contribution in [0.2, 0.25) is 10.0 Å². The van der Waals surface area contributed by atoms with Gasteiger partial charge in [-0.25, -0.2) is 0 Å². The Labute approximate surface area is 132 Å². The van der Waals surface area contributed by atoms with Crippen LogP contribution in [0.15, 0.2) is 42.6 Å². The maximum atomic E-state index is 6.02. The lowest BCUT2D eigenvalue weighted by Gasteiger charge is -2.09. The third-order valence-electron chi connectivity index (χ3n) is 3.36. The highest BCUT2D eigenvalue weighted by Crippen LogP contribution is 2.28. The zero-order valence-corrected chi connectivity index (χ0v) is 12.9. The van der Waals surface area contributed by atoms with E-state index >= 15 is 0 Å². The first-order chi connectivity index (χ1) is 10.2. The van der Waals surface area contributed by atoms with E-state index in [-0.39, 0.29) is 0 Å². The number of rotatable bonds is 4. The Morgan fingerprint density at radius 2 is 2.00 bits per heavy atom. The van der Waals surface area contributed by atoms with E-state index in [0.717, 1.165) is 21.6 Å². The minimum atomic E-state index is 0.602. The van der Waals surface area contributed by atoms with E-state index < -0.39 is 0 Å². The van der Waals surface area contributed by atoms with Gasteiger partial charge in [0.25, 0.3) is 0 Å². The van der Waals surface area contributed by atoms with Crippen molar-refractivity contribution in [3.63, 3.8) is 0 Å². The molecule has 0 bridgehead atoms. The van der Waals surface area contributed by atoms with Gasteiger partial charge in [0.1, 0.15) is 5.75 Å². The SMILES string of the molecule is COc1cc(NCc2c[nH]c3cc(Cl)ccc23)ccc1Cl. The van der Waals surface area contributed by atoms with Crippen LogP contribution < -0.4 is 10.1 Å². The number of hydrogen-bond donors (Lipinski definition) is 2. The second-order valence-corrected chi connectivity index (χ2v) is 5.55. The van der Waals surface area contributed by atoms with E-state index in [2.05, 4.69) is 10.3 Å². The Morgan fingerprint density at radius 1 is 1.14 bits per heavy atom. The summed E-state index contributed by atoms with van der Waals surface area (Å²) in [4.78, 5) is 3.23. The molecule has 0 saturated heterocycles. The number of hydrogen-bond acceptors (Lipinski definition) is 2. The molecule has 3 rings (SSSR count). The summed E-state index contributed by atoms with van der Waals surface area (Å²) in [6.07, 6.45) is 1.99. The Hall–Kier alpha value is -1.84. The number of H-pyrrole nitrogens is 1. The molecule has 21 heavy (non-hydrogen) atoms. The summed E-state index contributed by atoms with van der Waals surface area (Å²) < 4.78 is 5.21. The van der Waals surface area contributed by atoms with Gasteiger partial charge in [0.05, 0.1) is 12.1 Å². The van der Waals surface area contributed by atoms with E-state index in [0.29, 0.717) is 17.3 Å². The van der Waals surface area contributed by atoms with Crippen molar-refractivity contribution in [1.29, 1.82) is 0 Å². The molecular formula is C16H14Cl2N2O. The molecule has 1 heterocycles. The first-order valence-corrected chi connectivity index (χ1v) is 7.26. The molecule has 0 fully saturated rings. The number of anilines is 1. The summed E-state index contributed by atoms with van der Waals surface area (Å²) in [5, 5.41) is 5.85. The largest absolute Gasteiger partial charge is 0.495 e. The van der Waals surface area contributed by atoms with Crippen LogP contribution in [-0.4, -0.2) is 12.1 Å². The molecule has 3 aromatic rings. The lowest BCUT2D eigenvalue weighted by molar-refractivity contribution is 0.415. The summed E-state index contributed by atoms with van der Waals surface area (Å²) in [5.41, 5.74) is 3.17. The summed E-state index contributed by atoms with van der Waals surface area (Å²) in [5.74, 6) is 0.660. The van der Waals surface area contributed by atoms with E-state index in [1.165, 1.54) is 5.56 Å². The van der Waals surface area contributed by atoms with E-state index in [1.54, 1.807) is 7.11 Å². The third kappa shape index (κ3) is 2.94. The number of ether oxygens (including phenoxy) is 1. The number of methoxy groups -OCH3 is 1. The van der Waals surface area contributed by atoms with Crippen LogP contribution in [0.5, 0.6) is 5.75 Å². The van der Waals surface area contributed by atoms with Crippen LogP contribution in [0, 0.1) is 0 Å². The number of nitrogens with one attached hydrogen (secondary N) is 2. The van der Waals surface area contributed by atoms with Gasteiger partial charge in [-0.1, -0.05) is 29.3 Å². The molecule has 0 spiro atoms. The van der Waals surface area contributed by atoms with Gasteiger partial charge in [-0.15, -0.1) is 0 Å². The minimum absolute atomic E-state index is 0.602. The van der Waals surface area contributed by atoms with Crippen molar-refractivity contribution in [3.8, 4) is 5.75 Å². The van der Waals surface area contributed by atoms with Gasteiger partial charge in [0.2, 0.25) is 0 Å². The third-order valence-corrected chi connectivity index (χ3v) is 3.91. The highest BCUT2D eigenvalue weighted by atomic mass is 35.5. The second-order valence-electron chi connectivity index (χ2n) is 4.71. The molecule has 5 heteroatoms. The first-order valence-electron chi connectivity index (χ1n) is 6.50. The van der Waals surface area contributed by atoms with Gasteiger partial charge < -0.3 is 15.0 Å². The highest BCUT2D eigenvalue weighted by molar-refractivity contribution is 6.32. The van der Waals surface area contributed by atoms with Crippen molar-refractivity contribution >= 4 is 39.8 Å². The standard InChI is InChI=1S/C16H14Cl2N2O/c1-21-16-7-12(3-5-14(16)18)19-8-10-9-20-15-6-11(17)2-4-13(10)15/h2-7,9,19-20H,8H2,1H3. The van der Waals surface area contributed by atoms with Crippen LogP contribution in [0.1, 0.15) is 5.56 Å². The summed E-state index contributed by atoms with van der Waals surface area (Å²) in [6.45, 7) is 0.701. The van der Waals surface area contributed by atoms with Crippen molar-refractivity contribution in [2.75, 3.05) is 12.4 Å². The quantitative estimate of drug-likeness (QED) is 0.702. The fourth-order valence-electron chi connectivity index (χ4n) is 2.27. The van der Waals surface area contributed by atoms with Crippen molar-refractivity contribution < 1.29 is 4.74 Å². The molecule has 2 N–H and O–H groups in total. The van der Waals surface area contributed by atoms with Crippen LogP contribution in [0.3, 0.4) is 0 Å². The summed E-state index contributed by atoms with van der Waals surface area (Å²) in [7, 11) is 1.61. The fraction of sp³-hybridized carbons (Fsp3) is 0.125. The Balaban J connectivity index is 1.80. The fourth-order valence-corrected chi connectivity index (χ4v) is 2.64. The number of aromatic nitrogens is 1. The smallest absolute Gasteiger partial charge is 0.139 e. The predicted octanol–water partition coefficient (Wildman–Crippen LogP) is 5.10. The average Bonchev–Trinajstić information content (AvgIpc) is 2.88. The molecule has 1 aromatic heterocycles. The predicted molar refractivity (Wildman–Crippen MR) is 88.6 cm³/mol. The highest BCUT2D eigenvalue weighted by Gasteiger charge is 2.05.